The predicted molar refractivity (Wildman–Crippen MR) is 77.3 cm³/mol. The van der Waals surface area contributed by atoms with E-state index in [0.29, 0.717) is 11.5 Å². The van der Waals surface area contributed by atoms with E-state index in [0.717, 1.165) is 0 Å². The van der Waals surface area contributed by atoms with Gasteiger partial charge in [-0.25, -0.2) is 9.59 Å². The average Bonchev–Trinajstić information content (AvgIpc) is 3.20. The maximum absolute atomic E-state index is 11.4. The molecule has 0 aliphatic rings. The first-order chi connectivity index (χ1) is 10.7. The Balaban J connectivity index is 1.56. The molecule has 0 atom stereocenters. The van der Waals surface area contributed by atoms with Gasteiger partial charge in [-0.05, 0) is 24.3 Å². The van der Waals surface area contributed by atoms with Crippen LogP contribution in [0.25, 0.3) is 0 Å². The summed E-state index contributed by atoms with van der Waals surface area (Å²) in [7, 11) is 0. The van der Waals surface area contributed by atoms with Crippen LogP contribution in [0.5, 0.6) is 0 Å². The number of carbonyl (C=O) groups is 2. The van der Waals surface area contributed by atoms with Crippen molar-refractivity contribution in [3.63, 3.8) is 0 Å². The molecule has 0 aromatic carbocycles. The molecule has 2 aromatic heterocycles. The molecule has 0 bridgehead atoms. The second-order valence-electron chi connectivity index (χ2n) is 4.15. The lowest BCUT2D eigenvalue weighted by Gasteiger charge is -2.03. The van der Waals surface area contributed by atoms with Gasteiger partial charge in [-0.2, -0.15) is 0 Å². The van der Waals surface area contributed by atoms with Gasteiger partial charge in [0.2, 0.25) is 0 Å². The Morgan fingerprint density at radius 2 is 1.32 bits per heavy atom. The van der Waals surface area contributed by atoms with Crippen molar-refractivity contribution in [1.82, 2.24) is 21.3 Å². The lowest BCUT2D eigenvalue weighted by molar-refractivity contribution is 0.241. The highest BCUT2D eigenvalue weighted by atomic mass is 16.3. The molecule has 0 saturated carbocycles. The van der Waals surface area contributed by atoms with E-state index in [1.807, 2.05) is 0 Å². The molecule has 0 radical (unpaired) electrons. The molecule has 0 unspecified atom stereocenters. The lowest BCUT2D eigenvalue weighted by atomic mass is 10.4. The van der Waals surface area contributed by atoms with E-state index < -0.39 is 12.1 Å². The van der Waals surface area contributed by atoms with Gasteiger partial charge in [0.15, 0.2) is 0 Å². The number of urea groups is 2. The van der Waals surface area contributed by atoms with E-state index in [2.05, 4.69) is 21.3 Å². The van der Waals surface area contributed by atoms with Gasteiger partial charge in [0.25, 0.3) is 0 Å². The zero-order chi connectivity index (χ0) is 15.6. The van der Waals surface area contributed by atoms with Crippen LogP contribution >= 0.6 is 0 Å². The molecular formula is C14H16N4O4. The van der Waals surface area contributed by atoms with Crippen molar-refractivity contribution < 1.29 is 18.4 Å². The third-order valence-corrected chi connectivity index (χ3v) is 2.52. The summed E-state index contributed by atoms with van der Waals surface area (Å²) in [4.78, 5) is 22.8. The highest BCUT2D eigenvalue weighted by Gasteiger charge is 2.01. The van der Waals surface area contributed by atoms with E-state index in [-0.39, 0.29) is 13.1 Å². The summed E-state index contributed by atoms with van der Waals surface area (Å²) in [5.41, 5.74) is 0. The van der Waals surface area contributed by atoms with Crippen molar-refractivity contribution >= 4 is 12.1 Å². The van der Waals surface area contributed by atoms with Crippen molar-refractivity contribution in [1.29, 1.82) is 0 Å². The molecule has 116 valence electrons. The Kier molecular flexibility index (Phi) is 5.68. The quantitative estimate of drug-likeness (QED) is 0.650. The molecule has 0 saturated heterocycles. The number of furan rings is 2. The summed E-state index contributed by atoms with van der Waals surface area (Å²) in [5.74, 6) is 1.30. The highest BCUT2D eigenvalue weighted by molar-refractivity contribution is 5.76. The number of hydrogen-bond donors (Lipinski definition) is 4. The summed E-state index contributed by atoms with van der Waals surface area (Å²) in [6.07, 6.45) is 5.67. The Morgan fingerprint density at radius 1 is 0.864 bits per heavy atom. The van der Waals surface area contributed by atoms with Crippen LogP contribution in [-0.2, 0) is 13.1 Å². The number of amides is 4. The van der Waals surface area contributed by atoms with Crippen molar-refractivity contribution in [2.45, 2.75) is 13.1 Å². The zero-order valence-electron chi connectivity index (χ0n) is 11.7. The van der Waals surface area contributed by atoms with E-state index in [1.54, 1.807) is 24.3 Å². The van der Waals surface area contributed by atoms with Crippen LogP contribution in [0, 0.1) is 0 Å². The summed E-state index contributed by atoms with van der Waals surface area (Å²) < 4.78 is 10.1. The molecule has 0 aliphatic carbocycles. The predicted octanol–water partition coefficient (Wildman–Crippen LogP) is 1.64. The third-order valence-electron chi connectivity index (χ3n) is 2.52. The Morgan fingerprint density at radius 3 is 1.68 bits per heavy atom. The molecule has 0 aliphatic heterocycles. The van der Waals surface area contributed by atoms with Gasteiger partial charge in [-0.15, -0.1) is 0 Å². The number of rotatable bonds is 6. The van der Waals surface area contributed by atoms with Crippen LogP contribution < -0.4 is 21.3 Å². The number of nitrogens with one attached hydrogen (secondary N) is 4. The van der Waals surface area contributed by atoms with Gasteiger partial charge >= 0.3 is 12.1 Å². The molecule has 4 amide bonds. The minimum Gasteiger partial charge on any atom is -0.467 e. The first-order valence-electron chi connectivity index (χ1n) is 6.52. The normalized spacial score (nSPS) is 10.4. The Hall–Kier alpha value is -3.16. The summed E-state index contributed by atoms with van der Waals surface area (Å²) >= 11 is 0. The standard InChI is InChI=1S/C14H16N4O4/c19-13(17-9-11-3-1-7-21-11)15-5-6-16-14(20)18-10-12-4-2-8-22-12/h1-8H,9-10H2,(H2,15,17,19)(H2,16,18,20)/b6-5+. The van der Waals surface area contributed by atoms with E-state index in [4.69, 9.17) is 8.83 Å². The van der Waals surface area contributed by atoms with Crippen molar-refractivity contribution in [3.8, 4) is 0 Å². The van der Waals surface area contributed by atoms with Gasteiger partial charge in [-0.1, -0.05) is 0 Å². The lowest BCUT2D eigenvalue weighted by Crippen LogP contribution is -2.34. The van der Waals surface area contributed by atoms with Crippen LogP contribution in [0.2, 0.25) is 0 Å². The fraction of sp³-hybridized carbons (Fsp3) is 0.143. The van der Waals surface area contributed by atoms with Crippen LogP contribution in [0.15, 0.2) is 58.0 Å². The minimum absolute atomic E-state index is 0.281. The van der Waals surface area contributed by atoms with Gasteiger partial charge in [0.1, 0.15) is 11.5 Å². The fourth-order valence-corrected chi connectivity index (χ4v) is 1.50. The first-order valence-corrected chi connectivity index (χ1v) is 6.52. The van der Waals surface area contributed by atoms with Gasteiger partial charge in [0, 0.05) is 12.4 Å². The average molecular weight is 304 g/mol. The molecule has 8 heteroatoms. The summed E-state index contributed by atoms with van der Waals surface area (Å²) in [6.45, 7) is 0.563. The second kappa shape index (κ2) is 8.20. The van der Waals surface area contributed by atoms with Crippen molar-refractivity contribution in [2.24, 2.45) is 0 Å². The van der Waals surface area contributed by atoms with E-state index >= 15 is 0 Å². The molecule has 2 heterocycles. The van der Waals surface area contributed by atoms with Gasteiger partial charge < -0.3 is 30.1 Å². The monoisotopic (exact) mass is 304 g/mol. The van der Waals surface area contributed by atoms with E-state index in [9.17, 15) is 9.59 Å². The maximum Gasteiger partial charge on any atom is 0.319 e. The van der Waals surface area contributed by atoms with Crippen LogP contribution in [0.3, 0.4) is 0 Å². The summed E-state index contributed by atoms with van der Waals surface area (Å²) in [5, 5.41) is 10.0. The smallest absolute Gasteiger partial charge is 0.319 e. The first kappa shape index (κ1) is 15.2. The fourth-order valence-electron chi connectivity index (χ4n) is 1.50. The second-order valence-corrected chi connectivity index (χ2v) is 4.15. The molecule has 0 fully saturated rings. The molecule has 0 spiro atoms. The highest BCUT2D eigenvalue weighted by Crippen LogP contribution is 1.98. The van der Waals surface area contributed by atoms with E-state index in [1.165, 1.54) is 24.9 Å². The molecule has 22 heavy (non-hydrogen) atoms. The summed E-state index contributed by atoms with van der Waals surface area (Å²) in [6, 6.07) is 6.15. The molecule has 2 aromatic rings. The van der Waals surface area contributed by atoms with Crippen molar-refractivity contribution in [3.05, 3.63) is 60.7 Å². The van der Waals surface area contributed by atoms with Crippen LogP contribution in [0.1, 0.15) is 11.5 Å². The van der Waals surface area contributed by atoms with Gasteiger partial charge in [-0.3, -0.25) is 0 Å². The number of hydrogen-bond acceptors (Lipinski definition) is 4. The molecule has 8 nitrogen and oxygen atoms in total. The van der Waals surface area contributed by atoms with Crippen LogP contribution in [0.4, 0.5) is 9.59 Å². The molecule has 2 rings (SSSR count). The van der Waals surface area contributed by atoms with Crippen LogP contribution in [-0.4, -0.2) is 12.1 Å². The Labute approximate surface area is 126 Å². The van der Waals surface area contributed by atoms with Gasteiger partial charge in [0.05, 0.1) is 25.6 Å². The largest absolute Gasteiger partial charge is 0.467 e. The Bertz CT molecular complexity index is 551. The zero-order valence-corrected chi connectivity index (χ0v) is 11.7. The third kappa shape index (κ3) is 5.45. The minimum atomic E-state index is -0.412. The topological polar surface area (TPSA) is 109 Å². The molecular weight excluding hydrogens is 288 g/mol. The maximum atomic E-state index is 11.4. The number of carbonyl (C=O) groups excluding carboxylic acids is 2. The SMILES string of the molecule is O=C(N/C=C/NC(=O)NCc1ccco1)NCc1ccco1. The van der Waals surface area contributed by atoms with Crippen molar-refractivity contribution in [2.75, 3.05) is 0 Å². The molecule has 4 N–H and O–H groups in total.